The third-order valence-electron chi connectivity index (χ3n) is 0.983. The normalized spacial score (nSPS) is 11.9. The van der Waals surface area contributed by atoms with Gasteiger partial charge < -0.3 is 8.85 Å². The van der Waals surface area contributed by atoms with Crippen LogP contribution in [0, 0.1) is 0 Å². The van der Waals surface area contributed by atoms with Crippen LogP contribution in [0.2, 0.25) is 6.55 Å². The molecule has 0 amide bonds. The van der Waals surface area contributed by atoms with E-state index in [4.69, 9.17) is 8.85 Å². The minimum Gasteiger partial charge on any atom is -0.403 e. The van der Waals surface area contributed by atoms with E-state index in [1.54, 1.807) is 14.2 Å². The van der Waals surface area contributed by atoms with Gasteiger partial charge in [-0.15, -0.1) is 0 Å². The highest BCUT2D eigenvalue weighted by molar-refractivity contribution is 7.08. The summed E-state index contributed by atoms with van der Waals surface area (Å²) in [6.07, 6.45) is 0. The van der Waals surface area contributed by atoms with E-state index in [0.29, 0.717) is 0 Å². The Bertz CT molecular complexity index is 50.9. The van der Waals surface area contributed by atoms with Crippen molar-refractivity contribution in [3.05, 3.63) is 0 Å². The van der Waals surface area contributed by atoms with E-state index in [1.165, 1.54) is 0 Å². The fraction of sp³-hybridized carbons (Fsp3) is 1.00. The molecular formula is C3H11BO2Si. The molecule has 0 saturated carbocycles. The van der Waals surface area contributed by atoms with Crippen molar-refractivity contribution in [1.29, 1.82) is 0 Å². The summed E-state index contributed by atoms with van der Waals surface area (Å²) < 4.78 is 10.0. The summed E-state index contributed by atoms with van der Waals surface area (Å²) in [6.45, 7) is 1.99. The van der Waals surface area contributed by atoms with Crippen molar-refractivity contribution in [2.24, 2.45) is 0 Å². The molecule has 0 N–H and O–H groups in total. The molecular weight excluding hydrogens is 107 g/mol. The fourth-order valence-electron chi connectivity index (χ4n) is 0.0833. The Balaban J connectivity index is 3.36. The molecule has 0 aliphatic carbocycles. The van der Waals surface area contributed by atoms with Gasteiger partial charge in [0.05, 0.1) is 0 Å². The lowest BCUT2D eigenvalue weighted by atomic mass is 10.7. The first-order chi connectivity index (χ1) is 3.12. The summed E-state index contributed by atoms with van der Waals surface area (Å²) in [5.74, 6) is 0. The Morgan fingerprint density at radius 3 is 1.57 bits per heavy atom. The minimum atomic E-state index is -1.65. The van der Waals surface area contributed by atoms with Crippen LogP contribution in [0.5, 0.6) is 0 Å². The highest BCUT2D eigenvalue weighted by atomic mass is 28.4. The molecule has 42 valence electrons. The Labute approximate surface area is 46.4 Å². The average molecular weight is 118 g/mol. The van der Waals surface area contributed by atoms with Gasteiger partial charge in [-0.25, -0.2) is 0 Å². The van der Waals surface area contributed by atoms with Crippen molar-refractivity contribution in [1.82, 2.24) is 0 Å². The molecule has 0 spiro atoms. The van der Waals surface area contributed by atoms with Crippen LogP contribution < -0.4 is 0 Å². The molecule has 0 saturated heterocycles. The van der Waals surface area contributed by atoms with Crippen LogP contribution in [0.25, 0.3) is 0 Å². The monoisotopic (exact) mass is 118 g/mol. The van der Waals surface area contributed by atoms with Gasteiger partial charge in [0.25, 0.3) is 8.43 Å². The molecule has 7 heavy (non-hydrogen) atoms. The molecule has 0 aliphatic heterocycles. The minimum absolute atomic E-state index is 1.65. The first kappa shape index (κ1) is 7.20. The van der Waals surface area contributed by atoms with Crippen LogP contribution in [-0.4, -0.2) is 30.1 Å². The molecule has 0 bridgehead atoms. The highest BCUT2D eigenvalue weighted by Gasteiger charge is 2.18. The van der Waals surface area contributed by atoms with Gasteiger partial charge in [0, 0.05) is 14.2 Å². The maximum Gasteiger partial charge on any atom is 0.280 e. The zero-order valence-corrected chi connectivity index (χ0v) is 6.32. The SMILES string of the molecule is B[Si](C)(OC)OC. The second-order valence-electron chi connectivity index (χ2n) is 1.81. The van der Waals surface area contributed by atoms with Gasteiger partial charge in [-0.1, -0.05) is 0 Å². The standard InChI is InChI=1S/C3H11BO2Si/c1-5-7(3,4)6-2/h4H2,1-3H3. The van der Waals surface area contributed by atoms with Crippen molar-refractivity contribution >= 4 is 15.9 Å². The Morgan fingerprint density at radius 1 is 1.29 bits per heavy atom. The van der Waals surface area contributed by atoms with E-state index in [-0.39, 0.29) is 0 Å². The van der Waals surface area contributed by atoms with Gasteiger partial charge in [0.15, 0.2) is 7.44 Å². The van der Waals surface area contributed by atoms with Gasteiger partial charge >= 0.3 is 0 Å². The smallest absolute Gasteiger partial charge is 0.280 e. The maximum absolute atomic E-state index is 5.00. The van der Waals surface area contributed by atoms with Crippen LogP contribution in [0.1, 0.15) is 0 Å². The maximum atomic E-state index is 5.00. The Kier molecular flexibility index (Phi) is 2.57. The summed E-state index contributed by atoms with van der Waals surface area (Å²) in [7, 11) is 3.69. The van der Waals surface area contributed by atoms with Gasteiger partial charge in [0.1, 0.15) is 0 Å². The summed E-state index contributed by atoms with van der Waals surface area (Å²) in [5.41, 5.74) is 0. The summed E-state index contributed by atoms with van der Waals surface area (Å²) >= 11 is 0. The van der Waals surface area contributed by atoms with Crippen LogP contribution >= 0.6 is 0 Å². The highest BCUT2D eigenvalue weighted by Crippen LogP contribution is 1.94. The van der Waals surface area contributed by atoms with Crippen LogP contribution in [-0.2, 0) is 8.85 Å². The zero-order valence-electron chi connectivity index (χ0n) is 5.32. The summed E-state index contributed by atoms with van der Waals surface area (Å²) in [4.78, 5) is 0. The third-order valence-corrected chi connectivity index (χ3v) is 2.95. The zero-order chi connectivity index (χ0) is 5.91. The van der Waals surface area contributed by atoms with E-state index in [2.05, 4.69) is 0 Å². The fourth-order valence-corrected chi connectivity index (χ4v) is 0.250. The second kappa shape index (κ2) is 2.49. The van der Waals surface area contributed by atoms with Gasteiger partial charge in [-0.3, -0.25) is 0 Å². The molecule has 4 heteroatoms. The summed E-state index contributed by atoms with van der Waals surface area (Å²) in [5, 5.41) is 0. The van der Waals surface area contributed by atoms with E-state index >= 15 is 0 Å². The lowest BCUT2D eigenvalue weighted by Crippen LogP contribution is -2.36. The first-order valence-corrected chi connectivity index (χ1v) is 5.04. The van der Waals surface area contributed by atoms with Crippen molar-refractivity contribution in [3.8, 4) is 0 Å². The lowest BCUT2D eigenvalue weighted by molar-refractivity contribution is 0.273. The average Bonchev–Trinajstić information content (AvgIpc) is 1.68. The molecule has 0 aromatic carbocycles. The lowest BCUT2D eigenvalue weighted by Gasteiger charge is -2.16. The van der Waals surface area contributed by atoms with Crippen LogP contribution in [0.15, 0.2) is 0 Å². The molecule has 0 unspecified atom stereocenters. The van der Waals surface area contributed by atoms with E-state index in [1.807, 2.05) is 14.0 Å². The van der Waals surface area contributed by atoms with Crippen molar-refractivity contribution in [2.45, 2.75) is 6.55 Å². The molecule has 0 radical (unpaired) electrons. The van der Waals surface area contributed by atoms with Crippen molar-refractivity contribution < 1.29 is 8.85 Å². The molecule has 0 aliphatic rings. The Morgan fingerprint density at radius 2 is 1.57 bits per heavy atom. The van der Waals surface area contributed by atoms with E-state index in [0.717, 1.165) is 0 Å². The second-order valence-corrected chi connectivity index (χ2v) is 5.42. The van der Waals surface area contributed by atoms with Crippen LogP contribution in [0.4, 0.5) is 0 Å². The predicted molar refractivity (Wildman–Crippen MR) is 34.2 cm³/mol. The Hall–Kier alpha value is 0.202. The molecule has 0 atom stereocenters. The number of hydrogen-bond donors (Lipinski definition) is 0. The summed E-state index contributed by atoms with van der Waals surface area (Å²) in [6, 6.07) is 0. The van der Waals surface area contributed by atoms with E-state index < -0.39 is 8.43 Å². The topological polar surface area (TPSA) is 18.5 Å². The number of rotatable bonds is 2. The van der Waals surface area contributed by atoms with E-state index in [9.17, 15) is 0 Å². The molecule has 0 aromatic rings. The van der Waals surface area contributed by atoms with Crippen molar-refractivity contribution in [2.75, 3.05) is 14.2 Å². The van der Waals surface area contributed by atoms with Crippen LogP contribution in [0.3, 0.4) is 0 Å². The quantitative estimate of drug-likeness (QED) is 0.454. The molecule has 0 aromatic heterocycles. The van der Waals surface area contributed by atoms with Gasteiger partial charge in [-0.05, 0) is 6.55 Å². The molecule has 0 rings (SSSR count). The largest absolute Gasteiger partial charge is 0.403 e. The van der Waals surface area contributed by atoms with Crippen molar-refractivity contribution in [3.63, 3.8) is 0 Å². The molecule has 2 nitrogen and oxygen atoms in total. The van der Waals surface area contributed by atoms with Gasteiger partial charge in [-0.2, -0.15) is 0 Å². The third kappa shape index (κ3) is 2.85. The van der Waals surface area contributed by atoms with Gasteiger partial charge in [0.2, 0.25) is 0 Å². The molecule has 0 fully saturated rings. The molecule has 0 heterocycles. The number of hydrogen-bond acceptors (Lipinski definition) is 2. The first-order valence-electron chi connectivity index (χ1n) is 2.22. The predicted octanol–water partition coefficient (Wildman–Crippen LogP) is -0.519.